The van der Waals surface area contributed by atoms with E-state index in [0.717, 1.165) is 36.6 Å². The van der Waals surface area contributed by atoms with Crippen LogP contribution in [0.5, 0.6) is 0 Å². The third-order valence-electron chi connectivity index (χ3n) is 6.03. The Bertz CT molecular complexity index is 997. The van der Waals surface area contributed by atoms with E-state index in [0.29, 0.717) is 5.92 Å². The molecule has 3 aromatic heterocycles. The van der Waals surface area contributed by atoms with Crippen molar-refractivity contribution in [1.82, 2.24) is 29.5 Å². The molecule has 154 valence electrons. The maximum absolute atomic E-state index is 13.4. The van der Waals surface area contributed by atoms with Gasteiger partial charge in [-0.25, -0.2) is 18.3 Å². The Balaban J connectivity index is 1.68. The first kappa shape index (κ1) is 19.8. The molecular weight excluding hydrogens is 374 g/mol. The van der Waals surface area contributed by atoms with Gasteiger partial charge in [-0.1, -0.05) is 6.92 Å². The average Bonchev–Trinajstić information content (AvgIpc) is 3.15. The van der Waals surface area contributed by atoms with Gasteiger partial charge < -0.3 is 0 Å². The summed E-state index contributed by atoms with van der Waals surface area (Å²) in [4.78, 5) is 14.9. The van der Waals surface area contributed by atoms with Crippen molar-refractivity contribution in [3.63, 3.8) is 0 Å². The lowest BCUT2D eigenvalue weighted by Crippen LogP contribution is -2.40. The minimum atomic E-state index is -2.63. The molecule has 6 nitrogen and oxygen atoms in total. The van der Waals surface area contributed by atoms with Gasteiger partial charge in [0.1, 0.15) is 12.0 Å². The van der Waals surface area contributed by atoms with Crippen molar-refractivity contribution in [3.8, 4) is 0 Å². The van der Waals surface area contributed by atoms with Gasteiger partial charge in [-0.2, -0.15) is 10.1 Å². The van der Waals surface area contributed by atoms with Crippen LogP contribution >= 0.6 is 0 Å². The SMILES string of the molecule is Cc1cc([C@@H](C)N2CC[C@@H](C)[C@H](c3cc(C(F)F)nc4ncnn34)C2)cc(C)n1. The zero-order chi connectivity index (χ0) is 20.7. The van der Waals surface area contributed by atoms with Crippen LogP contribution in [0, 0.1) is 19.8 Å². The van der Waals surface area contributed by atoms with E-state index in [1.54, 1.807) is 4.52 Å². The number of aromatic nitrogens is 5. The highest BCUT2D eigenvalue weighted by atomic mass is 19.3. The molecule has 0 aliphatic carbocycles. The minimum Gasteiger partial charge on any atom is -0.296 e. The van der Waals surface area contributed by atoms with Gasteiger partial charge in [0, 0.05) is 29.9 Å². The van der Waals surface area contributed by atoms with Crippen LogP contribution in [0.4, 0.5) is 8.78 Å². The number of hydrogen-bond donors (Lipinski definition) is 0. The highest BCUT2D eigenvalue weighted by Gasteiger charge is 2.33. The topological polar surface area (TPSA) is 59.2 Å². The molecule has 0 spiro atoms. The van der Waals surface area contributed by atoms with Crippen molar-refractivity contribution in [3.05, 3.63) is 52.9 Å². The van der Waals surface area contributed by atoms with Gasteiger partial charge in [0.15, 0.2) is 0 Å². The Labute approximate surface area is 169 Å². The number of piperidine rings is 1. The Kier molecular flexibility index (Phi) is 5.29. The fourth-order valence-electron chi connectivity index (χ4n) is 4.38. The second-order valence-corrected chi connectivity index (χ2v) is 8.11. The molecular formula is C21H26F2N6. The maximum Gasteiger partial charge on any atom is 0.280 e. The molecule has 1 aliphatic heterocycles. The molecule has 0 bridgehead atoms. The smallest absolute Gasteiger partial charge is 0.280 e. The predicted octanol–water partition coefficient (Wildman–Crippen LogP) is 4.26. The second kappa shape index (κ2) is 7.74. The number of nitrogens with zero attached hydrogens (tertiary/aromatic N) is 6. The van der Waals surface area contributed by atoms with Crippen LogP contribution in [-0.4, -0.2) is 42.6 Å². The van der Waals surface area contributed by atoms with Crippen LogP contribution in [0.25, 0.3) is 5.78 Å². The number of hydrogen-bond acceptors (Lipinski definition) is 5. The molecule has 0 saturated carbocycles. The number of pyridine rings is 1. The summed E-state index contributed by atoms with van der Waals surface area (Å²) in [5, 5.41) is 4.25. The van der Waals surface area contributed by atoms with E-state index in [4.69, 9.17) is 0 Å². The zero-order valence-corrected chi connectivity index (χ0v) is 17.2. The number of rotatable bonds is 4. The molecule has 0 N–H and O–H groups in total. The van der Waals surface area contributed by atoms with Crippen LogP contribution in [0.1, 0.15) is 67.0 Å². The van der Waals surface area contributed by atoms with E-state index in [1.807, 2.05) is 13.8 Å². The first-order chi connectivity index (χ1) is 13.8. The number of aryl methyl sites for hydroxylation is 2. The second-order valence-electron chi connectivity index (χ2n) is 8.11. The standard InChI is InChI=1S/C21H26F2N6/c1-12-5-6-28(15(4)16-7-13(2)26-14(3)8-16)10-17(12)19-9-18(20(22)23)27-21-24-11-25-29(19)21/h7-9,11-12,15,17,20H,5-6,10H2,1-4H3/t12-,15-,17-/m1/s1. The largest absolute Gasteiger partial charge is 0.296 e. The number of alkyl halides is 2. The van der Waals surface area contributed by atoms with E-state index < -0.39 is 6.43 Å². The molecule has 0 aromatic carbocycles. The van der Waals surface area contributed by atoms with Crippen LogP contribution in [0.2, 0.25) is 0 Å². The summed E-state index contributed by atoms with van der Waals surface area (Å²) in [5.41, 5.74) is 3.77. The average molecular weight is 400 g/mol. The molecule has 1 fully saturated rings. The molecule has 1 saturated heterocycles. The van der Waals surface area contributed by atoms with Crippen molar-refractivity contribution in [2.75, 3.05) is 13.1 Å². The fraction of sp³-hybridized carbons (Fsp3) is 0.524. The van der Waals surface area contributed by atoms with Gasteiger partial charge in [-0.15, -0.1) is 0 Å². The lowest BCUT2D eigenvalue weighted by Gasteiger charge is -2.40. The van der Waals surface area contributed by atoms with Gasteiger partial charge in [-0.05, 0) is 63.4 Å². The molecule has 1 aliphatic rings. The van der Waals surface area contributed by atoms with Crippen LogP contribution in [-0.2, 0) is 0 Å². The van der Waals surface area contributed by atoms with Crippen molar-refractivity contribution >= 4 is 5.78 Å². The monoisotopic (exact) mass is 400 g/mol. The minimum absolute atomic E-state index is 0.0694. The normalized spacial score (nSPS) is 21.8. The lowest BCUT2D eigenvalue weighted by molar-refractivity contribution is 0.123. The summed E-state index contributed by atoms with van der Waals surface area (Å²) in [6.45, 7) is 10.1. The fourth-order valence-corrected chi connectivity index (χ4v) is 4.38. The third-order valence-corrected chi connectivity index (χ3v) is 6.03. The molecule has 0 radical (unpaired) electrons. The summed E-state index contributed by atoms with van der Waals surface area (Å²) >= 11 is 0. The van der Waals surface area contributed by atoms with Crippen LogP contribution in [0.3, 0.4) is 0 Å². The van der Waals surface area contributed by atoms with Crippen molar-refractivity contribution < 1.29 is 8.78 Å². The number of likely N-dealkylation sites (tertiary alicyclic amines) is 1. The summed E-state index contributed by atoms with van der Waals surface area (Å²) in [6.07, 6.45) is -0.273. The molecule has 4 heterocycles. The molecule has 4 rings (SSSR count). The van der Waals surface area contributed by atoms with E-state index in [-0.39, 0.29) is 23.4 Å². The van der Waals surface area contributed by atoms with Gasteiger partial charge in [0.25, 0.3) is 12.2 Å². The summed E-state index contributed by atoms with van der Waals surface area (Å²) in [5.74, 6) is 0.648. The van der Waals surface area contributed by atoms with Gasteiger partial charge >= 0.3 is 0 Å². The highest BCUT2D eigenvalue weighted by molar-refractivity contribution is 5.33. The van der Waals surface area contributed by atoms with Crippen LogP contribution in [0.15, 0.2) is 24.5 Å². The first-order valence-corrected chi connectivity index (χ1v) is 10.0. The third kappa shape index (κ3) is 3.85. The molecule has 3 aromatic rings. The molecule has 3 atom stereocenters. The van der Waals surface area contributed by atoms with Crippen molar-refractivity contribution in [2.24, 2.45) is 5.92 Å². The zero-order valence-electron chi connectivity index (χ0n) is 17.2. The van der Waals surface area contributed by atoms with E-state index >= 15 is 0 Å². The van der Waals surface area contributed by atoms with Crippen molar-refractivity contribution in [1.29, 1.82) is 0 Å². The highest BCUT2D eigenvalue weighted by Crippen LogP contribution is 2.36. The first-order valence-electron chi connectivity index (χ1n) is 10.0. The Morgan fingerprint density at radius 2 is 1.83 bits per heavy atom. The Hall–Kier alpha value is -2.48. The lowest BCUT2D eigenvalue weighted by atomic mass is 9.83. The molecule has 29 heavy (non-hydrogen) atoms. The Morgan fingerprint density at radius 1 is 1.10 bits per heavy atom. The predicted molar refractivity (Wildman–Crippen MR) is 106 cm³/mol. The maximum atomic E-state index is 13.4. The number of halogens is 2. The molecule has 0 amide bonds. The van der Waals surface area contributed by atoms with Crippen LogP contribution < -0.4 is 0 Å². The summed E-state index contributed by atoms with van der Waals surface area (Å²) in [6, 6.07) is 5.97. The Morgan fingerprint density at radius 3 is 2.52 bits per heavy atom. The summed E-state index contributed by atoms with van der Waals surface area (Å²) < 4.78 is 28.4. The molecule has 0 unspecified atom stereocenters. The summed E-state index contributed by atoms with van der Waals surface area (Å²) in [7, 11) is 0. The van der Waals surface area contributed by atoms with E-state index in [1.165, 1.54) is 18.0 Å². The van der Waals surface area contributed by atoms with Gasteiger partial charge in [-0.3, -0.25) is 9.88 Å². The van der Waals surface area contributed by atoms with Gasteiger partial charge in [0.05, 0.1) is 5.69 Å². The van der Waals surface area contributed by atoms with Gasteiger partial charge in [0.2, 0.25) is 0 Å². The van der Waals surface area contributed by atoms with E-state index in [2.05, 4.69) is 50.9 Å². The van der Waals surface area contributed by atoms with E-state index in [9.17, 15) is 8.78 Å². The molecule has 8 heteroatoms. The quantitative estimate of drug-likeness (QED) is 0.655. The number of fused-ring (bicyclic) bond motifs is 1. The van der Waals surface area contributed by atoms with Crippen molar-refractivity contribution in [2.45, 2.75) is 52.5 Å².